The van der Waals surface area contributed by atoms with Gasteiger partial charge in [0.25, 0.3) is 0 Å². The third kappa shape index (κ3) is 3.14. The smallest absolute Gasteiger partial charge is 0.338 e. The highest BCUT2D eigenvalue weighted by molar-refractivity contribution is 5.86. The van der Waals surface area contributed by atoms with Crippen molar-refractivity contribution < 1.29 is 33.3 Å². The molecule has 0 N–H and O–H groups in total. The van der Waals surface area contributed by atoms with E-state index in [0.29, 0.717) is 11.3 Å². The van der Waals surface area contributed by atoms with Crippen LogP contribution in [0.4, 0.5) is 0 Å². The Bertz CT molecular complexity index is 487. The molecule has 2 unspecified atom stereocenters. The Morgan fingerprint density at radius 3 is 1.76 bits per heavy atom. The first kappa shape index (κ1) is 15.3. The minimum atomic E-state index is -1.16. The van der Waals surface area contributed by atoms with E-state index in [1.807, 2.05) is 0 Å². The second-order valence-corrected chi connectivity index (χ2v) is 4.26. The summed E-state index contributed by atoms with van der Waals surface area (Å²) in [5.74, 6) is -0.714. The Morgan fingerprint density at radius 1 is 0.905 bits per heavy atom. The molecule has 1 aliphatic rings. The van der Waals surface area contributed by atoms with Crippen LogP contribution in [-0.2, 0) is 28.5 Å². The predicted molar refractivity (Wildman–Crippen MR) is 69.5 cm³/mol. The van der Waals surface area contributed by atoms with Gasteiger partial charge in [0.2, 0.25) is 0 Å². The van der Waals surface area contributed by atoms with Crippen molar-refractivity contribution in [3.05, 3.63) is 29.8 Å². The molecule has 21 heavy (non-hydrogen) atoms. The van der Waals surface area contributed by atoms with Crippen LogP contribution >= 0.6 is 0 Å². The molecule has 1 aromatic rings. The first-order chi connectivity index (χ1) is 10.1. The van der Waals surface area contributed by atoms with E-state index in [1.54, 1.807) is 31.4 Å². The maximum absolute atomic E-state index is 11.7. The minimum absolute atomic E-state index is 0.649. The average Bonchev–Trinajstić information content (AvgIpc) is 2.98. The van der Waals surface area contributed by atoms with Gasteiger partial charge in [-0.15, -0.1) is 0 Å². The number of ether oxygens (including phenoxy) is 5. The molecule has 114 valence electrons. The number of methoxy groups -OCH3 is 3. The van der Waals surface area contributed by atoms with E-state index >= 15 is 0 Å². The Hall–Kier alpha value is -2.12. The molecule has 2 rings (SSSR count). The van der Waals surface area contributed by atoms with Crippen LogP contribution in [0.5, 0.6) is 5.75 Å². The van der Waals surface area contributed by atoms with Gasteiger partial charge in [-0.2, -0.15) is 0 Å². The Balaban J connectivity index is 2.19. The molecule has 2 atom stereocenters. The van der Waals surface area contributed by atoms with Crippen LogP contribution in [0.2, 0.25) is 0 Å². The lowest BCUT2D eigenvalue weighted by molar-refractivity contribution is -0.160. The lowest BCUT2D eigenvalue weighted by Gasteiger charge is -2.11. The van der Waals surface area contributed by atoms with Crippen LogP contribution in [0.15, 0.2) is 24.3 Å². The molecule has 0 aromatic heterocycles. The van der Waals surface area contributed by atoms with E-state index < -0.39 is 30.4 Å². The van der Waals surface area contributed by atoms with Crippen LogP contribution in [0.25, 0.3) is 0 Å². The van der Waals surface area contributed by atoms with E-state index in [2.05, 4.69) is 9.47 Å². The molecule has 1 fully saturated rings. The highest BCUT2D eigenvalue weighted by Crippen LogP contribution is 2.33. The van der Waals surface area contributed by atoms with E-state index in [9.17, 15) is 9.59 Å². The van der Waals surface area contributed by atoms with Crippen molar-refractivity contribution in [2.75, 3.05) is 21.3 Å². The molecule has 7 heteroatoms. The average molecular weight is 296 g/mol. The van der Waals surface area contributed by atoms with E-state index in [-0.39, 0.29) is 0 Å². The molecular weight excluding hydrogens is 280 g/mol. The number of hydrogen-bond acceptors (Lipinski definition) is 7. The number of rotatable bonds is 4. The Kier molecular flexibility index (Phi) is 4.77. The molecule has 1 heterocycles. The highest BCUT2D eigenvalue weighted by Gasteiger charge is 2.47. The zero-order valence-corrected chi connectivity index (χ0v) is 11.9. The van der Waals surface area contributed by atoms with Gasteiger partial charge in [-0.25, -0.2) is 9.59 Å². The Labute approximate surface area is 121 Å². The summed E-state index contributed by atoms with van der Waals surface area (Å²) in [6, 6.07) is 6.89. The van der Waals surface area contributed by atoms with Crippen molar-refractivity contribution in [2.24, 2.45) is 0 Å². The fourth-order valence-electron chi connectivity index (χ4n) is 1.95. The maximum atomic E-state index is 11.7. The zero-order valence-electron chi connectivity index (χ0n) is 11.9. The summed E-state index contributed by atoms with van der Waals surface area (Å²) in [5, 5.41) is 0. The molecular formula is C14H16O7. The van der Waals surface area contributed by atoms with E-state index in [4.69, 9.17) is 14.2 Å². The topological polar surface area (TPSA) is 80.3 Å². The molecule has 0 amide bonds. The predicted octanol–water partition coefficient (Wildman–Crippen LogP) is 0.824. The van der Waals surface area contributed by atoms with Crippen molar-refractivity contribution in [2.45, 2.75) is 18.5 Å². The van der Waals surface area contributed by atoms with Crippen molar-refractivity contribution >= 4 is 11.9 Å². The van der Waals surface area contributed by atoms with Gasteiger partial charge in [-0.05, 0) is 12.1 Å². The highest BCUT2D eigenvalue weighted by atomic mass is 16.8. The quantitative estimate of drug-likeness (QED) is 0.761. The largest absolute Gasteiger partial charge is 0.497 e. The first-order valence-electron chi connectivity index (χ1n) is 6.21. The second-order valence-electron chi connectivity index (χ2n) is 4.26. The van der Waals surface area contributed by atoms with Gasteiger partial charge in [0.1, 0.15) is 5.75 Å². The normalized spacial score (nSPS) is 24.4. The van der Waals surface area contributed by atoms with Crippen LogP contribution < -0.4 is 4.74 Å². The molecule has 0 spiro atoms. The summed E-state index contributed by atoms with van der Waals surface area (Å²) in [4.78, 5) is 23.3. The Morgan fingerprint density at radius 2 is 1.38 bits per heavy atom. The maximum Gasteiger partial charge on any atom is 0.338 e. The van der Waals surface area contributed by atoms with E-state index in [1.165, 1.54) is 14.2 Å². The van der Waals surface area contributed by atoms with Crippen molar-refractivity contribution in [1.82, 2.24) is 0 Å². The van der Waals surface area contributed by atoms with Crippen LogP contribution in [0.3, 0.4) is 0 Å². The lowest BCUT2D eigenvalue weighted by Crippen LogP contribution is -2.38. The molecule has 7 nitrogen and oxygen atoms in total. The van der Waals surface area contributed by atoms with Gasteiger partial charge in [-0.3, -0.25) is 0 Å². The molecule has 1 aromatic carbocycles. The van der Waals surface area contributed by atoms with Gasteiger partial charge in [0.05, 0.1) is 21.3 Å². The van der Waals surface area contributed by atoms with Crippen LogP contribution in [0, 0.1) is 0 Å². The lowest BCUT2D eigenvalue weighted by atomic mass is 10.2. The number of benzene rings is 1. The van der Waals surface area contributed by atoms with Crippen LogP contribution in [-0.4, -0.2) is 45.5 Å². The second kappa shape index (κ2) is 6.55. The fourth-order valence-corrected chi connectivity index (χ4v) is 1.95. The van der Waals surface area contributed by atoms with Gasteiger partial charge >= 0.3 is 11.9 Å². The van der Waals surface area contributed by atoms with Gasteiger partial charge in [0.15, 0.2) is 18.5 Å². The van der Waals surface area contributed by atoms with E-state index in [0.717, 1.165) is 0 Å². The summed E-state index contributed by atoms with van der Waals surface area (Å²) in [5.41, 5.74) is 0.649. The molecule has 0 aliphatic carbocycles. The zero-order chi connectivity index (χ0) is 15.4. The van der Waals surface area contributed by atoms with Gasteiger partial charge < -0.3 is 23.7 Å². The van der Waals surface area contributed by atoms with Gasteiger partial charge in [-0.1, -0.05) is 12.1 Å². The third-order valence-corrected chi connectivity index (χ3v) is 3.07. The van der Waals surface area contributed by atoms with Crippen molar-refractivity contribution in [3.63, 3.8) is 0 Å². The summed E-state index contributed by atoms with van der Waals surface area (Å²) >= 11 is 0. The standard InChI is InChI=1S/C14H16O7/c1-17-9-6-4-8(5-7-9)14-20-10(12(15)18-2)11(21-14)13(16)19-3/h4-7,10-11,14H,1-3H3. The summed E-state index contributed by atoms with van der Waals surface area (Å²) in [6.07, 6.45) is -3.17. The van der Waals surface area contributed by atoms with Crippen LogP contribution in [0.1, 0.15) is 11.9 Å². The van der Waals surface area contributed by atoms with Crippen molar-refractivity contribution in [3.8, 4) is 5.75 Å². The number of carbonyl (C=O) groups is 2. The SMILES string of the molecule is COC(=O)C1OC(c2ccc(OC)cc2)OC1C(=O)OC. The number of hydrogen-bond donors (Lipinski definition) is 0. The van der Waals surface area contributed by atoms with Crippen molar-refractivity contribution in [1.29, 1.82) is 0 Å². The fraction of sp³-hybridized carbons (Fsp3) is 0.429. The summed E-state index contributed by atoms with van der Waals surface area (Å²) in [7, 11) is 3.97. The minimum Gasteiger partial charge on any atom is -0.497 e. The molecule has 1 saturated heterocycles. The molecule has 0 bridgehead atoms. The molecule has 0 saturated carbocycles. The van der Waals surface area contributed by atoms with Gasteiger partial charge in [0, 0.05) is 5.56 Å². The number of esters is 2. The summed E-state index contributed by atoms with van der Waals surface area (Å²) < 4.78 is 25.2. The first-order valence-corrected chi connectivity index (χ1v) is 6.21. The molecule has 1 aliphatic heterocycles. The monoisotopic (exact) mass is 296 g/mol. The summed E-state index contributed by atoms with van der Waals surface area (Å²) in [6.45, 7) is 0. The molecule has 0 radical (unpaired) electrons. The third-order valence-electron chi connectivity index (χ3n) is 3.07. The number of carbonyl (C=O) groups excluding carboxylic acids is 2.